The van der Waals surface area contributed by atoms with Gasteiger partial charge in [0.15, 0.2) is 0 Å². The van der Waals surface area contributed by atoms with Crippen molar-refractivity contribution in [1.29, 1.82) is 0 Å². The molecular weight excluding hydrogens is 254 g/mol. The SMILES string of the molecule is CC(CN1CCOCC1)NC(=O)C1CC12CCNCC2. The summed E-state index contributed by atoms with van der Waals surface area (Å²) in [5.41, 5.74) is 0.341. The van der Waals surface area contributed by atoms with Crippen LogP contribution in [0, 0.1) is 11.3 Å². The minimum atomic E-state index is 0.236. The van der Waals surface area contributed by atoms with Gasteiger partial charge in [-0.15, -0.1) is 0 Å². The fraction of sp³-hybridized carbons (Fsp3) is 0.933. The van der Waals surface area contributed by atoms with E-state index in [1.165, 1.54) is 12.8 Å². The Hall–Kier alpha value is -0.650. The van der Waals surface area contributed by atoms with Crippen LogP contribution in [0.3, 0.4) is 0 Å². The third kappa shape index (κ3) is 3.15. The molecule has 0 aromatic rings. The van der Waals surface area contributed by atoms with Crippen LogP contribution in [-0.4, -0.2) is 62.8 Å². The summed E-state index contributed by atoms with van der Waals surface area (Å²) in [6.07, 6.45) is 3.44. The van der Waals surface area contributed by atoms with Crippen molar-refractivity contribution in [1.82, 2.24) is 15.5 Å². The molecule has 1 aliphatic carbocycles. The second kappa shape index (κ2) is 6.00. The predicted octanol–water partition coefficient (Wildman–Crippen LogP) is 0.213. The number of rotatable bonds is 4. The summed E-state index contributed by atoms with van der Waals surface area (Å²) in [5.74, 6) is 0.560. The molecule has 2 saturated heterocycles. The number of nitrogens with zero attached hydrogens (tertiary/aromatic N) is 1. The first-order chi connectivity index (χ1) is 9.70. The molecule has 2 heterocycles. The average molecular weight is 281 g/mol. The van der Waals surface area contributed by atoms with Crippen LogP contribution in [0.5, 0.6) is 0 Å². The molecule has 3 rings (SSSR count). The van der Waals surface area contributed by atoms with Gasteiger partial charge in [0.25, 0.3) is 0 Å². The van der Waals surface area contributed by atoms with Gasteiger partial charge in [-0.2, -0.15) is 0 Å². The van der Waals surface area contributed by atoms with Gasteiger partial charge < -0.3 is 15.4 Å². The van der Waals surface area contributed by atoms with Gasteiger partial charge in [-0.05, 0) is 44.7 Å². The fourth-order valence-electron chi connectivity index (χ4n) is 3.76. The van der Waals surface area contributed by atoms with Crippen LogP contribution >= 0.6 is 0 Å². The van der Waals surface area contributed by atoms with Crippen molar-refractivity contribution < 1.29 is 9.53 Å². The lowest BCUT2D eigenvalue weighted by molar-refractivity contribution is -0.124. The van der Waals surface area contributed by atoms with Crippen LogP contribution in [0.2, 0.25) is 0 Å². The molecule has 0 aromatic carbocycles. The highest BCUT2D eigenvalue weighted by Gasteiger charge is 2.57. The summed E-state index contributed by atoms with van der Waals surface area (Å²) in [7, 11) is 0. The van der Waals surface area contributed by atoms with Crippen molar-refractivity contribution in [3.8, 4) is 0 Å². The first-order valence-electron chi connectivity index (χ1n) is 8.01. The maximum absolute atomic E-state index is 12.4. The Kier molecular flexibility index (Phi) is 4.29. The number of piperidine rings is 1. The van der Waals surface area contributed by atoms with Crippen LogP contribution in [0.1, 0.15) is 26.2 Å². The minimum Gasteiger partial charge on any atom is -0.379 e. The Balaban J connectivity index is 1.42. The highest BCUT2D eigenvalue weighted by atomic mass is 16.5. The van der Waals surface area contributed by atoms with Crippen LogP contribution in [0.15, 0.2) is 0 Å². The summed E-state index contributed by atoms with van der Waals surface area (Å²) < 4.78 is 5.35. The van der Waals surface area contributed by atoms with Crippen LogP contribution in [0.4, 0.5) is 0 Å². The van der Waals surface area contributed by atoms with E-state index in [0.29, 0.717) is 5.41 Å². The molecule has 2 aliphatic heterocycles. The molecule has 5 nitrogen and oxygen atoms in total. The highest BCUT2D eigenvalue weighted by Crippen LogP contribution is 2.58. The molecule has 5 heteroatoms. The van der Waals surface area contributed by atoms with E-state index in [0.717, 1.165) is 52.4 Å². The lowest BCUT2D eigenvalue weighted by atomic mass is 9.91. The van der Waals surface area contributed by atoms with Crippen molar-refractivity contribution in [2.24, 2.45) is 11.3 Å². The first-order valence-corrected chi connectivity index (χ1v) is 8.01. The van der Waals surface area contributed by atoms with Crippen molar-refractivity contribution in [2.75, 3.05) is 45.9 Å². The summed E-state index contributed by atoms with van der Waals surface area (Å²) >= 11 is 0. The minimum absolute atomic E-state index is 0.236. The molecule has 3 aliphatic rings. The van der Waals surface area contributed by atoms with E-state index in [1.54, 1.807) is 0 Å². The molecular formula is C15H27N3O2. The Bertz CT molecular complexity index is 349. The molecule has 2 atom stereocenters. The molecule has 20 heavy (non-hydrogen) atoms. The maximum atomic E-state index is 12.4. The number of hydrogen-bond acceptors (Lipinski definition) is 4. The van der Waals surface area contributed by atoms with Gasteiger partial charge in [0.2, 0.25) is 5.91 Å². The first kappa shape index (κ1) is 14.3. The van der Waals surface area contributed by atoms with Gasteiger partial charge in [0, 0.05) is 31.6 Å². The zero-order chi connectivity index (χ0) is 14.0. The van der Waals surface area contributed by atoms with Crippen LogP contribution in [0.25, 0.3) is 0 Å². The van der Waals surface area contributed by atoms with E-state index >= 15 is 0 Å². The van der Waals surface area contributed by atoms with Crippen LogP contribution < -0.4 is 10.6 Å². The van der Waals surface area contributed by atoms with E-state index in [4.69, 9.17) is 4.74 Å². The van der Waals surface area contributed by atoms with Gasteiger partial charge in [0.05, 0.1) is 13.2 Å². The predicted molar refractivity (Wildman–Crippen MR) is 77.5 cm³/mol. The van der Waals surface area contributed by atoms with Gasteiger partial charge in [-0.25, -0.2) is 0 Å². The van der Waals surface area contributed by atoms with Crippen molar-refractivity contribution >= 4 is 5.91 Å². The fourth-order valence-corrected chi connectivity index (χ4v) is 3.76. The average Bonchev–Trinajstić information content (AvgIpc) is 3.14. The Morgan fingerprint density at radius 3 is 2.80 bits per heavy atom. The number of nitrogens with one attached hydrogen (secondary N) is 2. The number of morpholine rings is 1. The van der Waals surface area contributed by atoms with Gasteiger partial charge in [0.1, 0.15) is 0 Å². The highest BCUT2D eigenvalue weighted by molar-refractivity contribution is 5.82. The molecule has 0 radical (unpaired) electrons. The molecule has 3 fully saturated rings. The monoisotopic (exact) mass is 281 g/mol. The van der Waals surface area contributed by atoms with Crippen molar-refractivity contribution in [2.45, 2.75) is 32.2 Å². The van der Waals surface area contributed by atoms with Crippen molar-refractivity contribution in [3.63, 3.8) is 0 Å². The molecule has 2 unspecified atom stereocenters. The topological polar surface area (TPSA) is 53.6 Å². The number of amides is 1. The molecule has 0 bridgehead atoms. The summed E-state index contributed by atoms with van der Waals surface area (Å²) in [6.45, 7) is 8.82. The van der Waals surface area contributed by atoms with Gasteiger partial charge in [-0.3, -0.25) is 9.69 Å². The zero-order valence-electron chi connectivity index (χ0n) is 12.5. The van der Waals surface area contributed by atoms with E-state index in [1.807, 2.05) is 0 Å². The lowest BCUT2D eigenvalue weighted by Gasteiger charge is -2.29. The van der Waals surface area contributed by atoms with E-state index in [2.05, 4.69) is 22.5 Å². The smallest absolute Gasteiger partial charge is 0.223 e. The van der Waals surface area contributed by atoms with E-state index in [9.17, 15) is 4.79 Å². The standard InChI is InChI=1S/C15H27N3O2/c1-12(11-18-6-8-20-9-7-18)17-14(19)13-10-15(13)2-4-16-5-3-15/h12-13,16H,2-11H2,1H3,(H,17,19). The molecule has 0 aromatic heterocycles. The summed E-state index contributed by atoms with van der Waals surface area (Å²) in [6, 6.07) is 0.236. The van der Waals surface area contributed by atoms with E-state index < -0.39 is 0 Å². The molecule has 1 spiro atoms. The van der Waals surface area contributed by atoms with Crippen LogP contribution in [-0.2, 0) is 9.53 Å². The quantitative estimate of drug-likeness (QED) is 0.774. The molecule has 1 saturated carbocycles. The number of carbonyl (C=O) groups is 1. The summed E-state index contributed by atoms with van der Waals surface area (Å²) in [5, 5.41) is 6.60. The lowest BCUT2D eigenvalue weighted by Crippen LogP contribution is -2.46. The zero-order valence-corrected chi connectivity index (χ0v) is 12.5. The van der Waals surface area contributed by atoms with Crippen molar-refractivity contribution in [3.05, 3.63) is 0 Å². The maximum Gasteiger partial charge on any atom is 0.223 e. The summed E-state index contributed by atoms with van der Waals surface area (Å²) in [4.78, 5) is 14.7. The molecule has 2 N–H and O–H groups in total. The molecule has 114 valence electrons. The van der Waals surface area contributed by atoms with Gasteiger partial charge >= 0.3 is 0 Å². The Labute approximate surface area is 121 Å². The third-order valence-corrected chi connectivity index (χ3v) is 5.13. The second-order valence-electron chi connectivity index (χ2n) is 6.69. The Morgan fingerprint density at radius 2 is 2.10 bits per heavy atom. The van der Waals surface area contributed by atoms with Gasteiger partial charge in [-0.1, -0.05) is 0 Å². The normalized spacial score (nSPS) is 30.9. The Morgan fingerprint density at radius 1 is 1.40 bits per heavy atom. The molecule has 1 amide bonds. The van der Waals surface area contributed by atoms with E-state index in [-0.39, 0.29) is 17.9 Å². The number of ether oxygens (including phenoxy) is 1. The number of carbonyl (C=O) groups excluding carboxylic acids is 1. The second-order valence-corrected chi connectivity index (χ2v) is 6.69. The third-order valence-electron chi connectivity index (χ3n) is 5.13. The number of hydrogen-bond donors (Lipinski definition) is 2. The largest absolute Gasteiger partial charge is 0.379 e.